The van der Waals surface area contributed by atoms with Crippen molar-refractivity contribution in [3.8, 4) is 0 Å². The lowest BCUT2D eigenvalue weighted by molar-refractivity contribution is -0.151. The van der Waals surface area contributed by atoms with Crippen LogP contribution in [0.1, 0.15) is 18.4 Å². The molecule has 0 bridgehead atoms. The Hall–Kier alpha value is -1.34. The topological polar surface area (TPSA) is 75.9 Å². The molecular weight excluding hydrogens is 389 g/mol. The van der Waals surface area contributed by atoms with Gasteiger partial charge >= 0.3 is 0 Å². The molecule has 2 N–H and O–H groups in total. The number of rotatable bonds is 4. The second-order valence-electron chi connectivity index (χ2n) is 7.08. The molecule has 2 fully saturated rings. The van der Waals surface area contributed by atoms with Crippen molar-refractivity contribution in [3.05, 3.63) is 34.9 Å². The number of nitrogens with two attached hydrogens (primary N) is 1. The standard InChI is InChI=1S/C19H26ClN3O3.ClH/c20-16-3-1-2-15(12-16)13-17(24)22-6-8-23(9-7-22)18(25)19(14-21)4-10-26-11-5-19;/h1-3,12H,4-11,13-14,21H2;1H. The molecule has 1 aromatic rings. The first-order valence-corrected chi connectivity index (χ1v) is 9.51. The number of carbonyl (C=O) groups is 2. The van der Waals surface area contributed by atoms with Gasteiger partial charge in [-0.25, -0.2) is 0 Å². The molecule has 0 spiro atoms. The normalized spacial score (nSPS) is 19.3. The van der Waals surface area contributed by atoms with Gasteiger partial charge in [0.15, 0.2) is 0 Å². The zero-order chi connectivity index (χ0) is 18.6. The number of ether oxygens (including phenoxy) is 1. The van der Waals surface area contributed by atoms with Crippen molar-refractivity contribution in [2.45, 2.75) is 19.3 Å². The van der Waals surface area contributed by atoms with E-state index in [-0.39, 0.29) is 24.2 Å². The highest BCUT2D eigenvalue weighted by Gasteiger charge is 2.42. The van der Waals surface area contributed by atoms with Gasteiger partial charge in [-0.05, 0) is 30.5 Å². The van der Waals surface area contributed by atoms with Crippen molar-refractivity contribution in [1.29, 1.82) is 0 Å². The molecule has 3 rings (SSSR count). The van der Waals surface area contributed by atoms with Crippen molar-refractivity contribution in [1.82, 2.24) is 9.80 Å². The molecule has 2 heterocycles. The van der Waals surface area contributed by atoms with Crippen molar-refractivity contribution in [2.24, 2.45) is 11.1 Å². The van der Waals surface area contributed by atoms with Gasteiger partial charge in [-0.3, -0.25) is 9.59 Å². The van der Waals surface area contributed by atoms with Crippen molar-refractivity contribution >= 4 is 35.8 Å². The van der Waals surface area contributed by atoms with Gasteiger partial charge in [-0.1, -0.05) is 23.7 Å². The van der Waals surface area contributed by atoms with E-state index in [2.05, 4.69) is 0 Å². The van der Waals surface area contributed by atoms with Gasteiger partial charge in [0.05, 0.1) is 11.8 Å². The van der Waals surface area contributed by atoms with E-state index < -0.39 is 5.41 Å². The Bertz CT molecular complexity index is 657. The van der Waals surface area contributed by atoms with E-state index in [1.165, 1.54) is 0 Å². The minimum absolute atomic E-state index is 0. The molecule has 0 aliphatic carbocycles. The molecular formula is C19H27Cl2N3O3. The number of piperazine rings is 1. The highest BCUT2D eigenvalue weighted by atomic mass is 35.5. The highest BCUT2D eigenvalue weighted by molar-refractivity contribution is 6.30. The number of benzene rings is 1. The zero-order valence-corrected chi connectivity index (χ0v) is 16.9. The Kier molecular flexibility index (Phi) is 7.91. The van der Waals surface area contributed by atoms with Crippen LogP contribution in [0.15, 0.2) is 24.3 Å². The Morgan fingerprint density at radius 3 is 2.33 bits per heavy atom. The molecule has 6 nitrogen and oxygen atoms in total. The van der Waals surface area contributed by atoms with Crippen LogP contribution in [0.25, 0.3) is 0 Å². The second kappa shape index (κ2) is 9.73. The number of hydrogen-bond donors (Lipinski definition) is 1. The summed E-state index contributed by atoms with van der Waals surface area (Å²) in [4.78, 5) is 29.2. The average Bonchev–Trinajstić information content (AvgIpc) is 2.68. The third-order valence-electron chi connectivity index (χ3n) is 5.46. The van der Waals surface area contributed by atoms with Gasteiger partial charge in [-0.2, -0.15) is 0 Å². The molecule has 2 saturated heterocycles. The van der Waals surface area contributed by atoms with Crippen LogP contribution in [-0.4, -0.2) is 67.6 Å². The molecule has 8 heteroatoms. The minimum Gasteiger partial charge on any atom is -0.381 e. The Morgan fingerprint density at radius 1 is 1.11 bits per heavy atom. The Morgan fingerprint density at radius 2 is 1.74 bits per heavy atom. The highest BCUT2D eigenvalue weighted by Crippen LogP contribution is 2.32. The van der Waals surface area contributed by atoms with Crippen LogP contribution in [-0.2, 0) is 20.7 Å². The van der Waals surface area contributed by atoms with E-state index in [0.29, 0.717) is 70.2 Å². The first kappa shape index (κ1) is 22.0. The SMILES string of the molecule is Cl.NCC1(C(=O)N2CCN(C(=O)Cc3cccc(Cl)c3)CC2)CCOCC1. The van der Waals surface area contributed by atoms with Crippen molar-refractivity contribution in [2.75, 3.05) is 45.9 Å². The molecule has 2 aliphatic heterocycles. The summed E-state index contributed by atoms with van der Waals surface area (Å²) in [5.41, 5.74) is 6.35. The van der Waals surface area contributed by atoms with Crippen molar-refractivity contribution < 1.29 is 14.3 Å². The lowest BCUT2D eigenvalue weighted by Crippen LogP contribution is -2.57. The van der Waals surface area contributed by atoms with Gasteiger partial charge < -0.3 is 20.3 Å². The lowest BCUT2D eigenvalue weighted by Gasteiger charge is -2.42. The number of amides is 2. The number of hydrogen-bond acceptors (Lipinski definition) is 4. The summed E-state index contributed by atoms with van der Waals surface area (Å²) in [6.45, 7) is 3.75. The number of nitrogens with zero attached hydrogens (tertiary/aromatic N) is 2. The molecule has 0 unspecified atom stereocenters. The van der Waals surface area contributed by atoms with Gasteiger partial charge in [0, 0.05) is 51.0 Å². The van der Waals surface area contributed by atoms with Crippen LogP contribution in [0, 0.1) is 5.41 Å². The van der Waals surface area contributed by atoms with Gasteiger partial charge in [0.25, 0.3) is 0 Å². The first-order chi connectivity index (χ1) is 12.5. The van der Waals surface area contributed by atoms with E-state index in [4.69, 9.17) is 22.1 Å². The summed E-state index contributed by atoms with van der Waals surface area (Å²) in [5.74, 6) is 0.184. The molecule has 150 valence electrons. The molecule has 0 saturated carbocycles. The summed E-state index contributed by atoms with van der Waals surface area (Å²) in [6, 6.07) is 7.36. The van der Waals surface area contributed by atoms with Crippen LogP contribution >= 0.6 is 24.0 Å². The van der Waals surface area contributed by atoms with Gasteiger partial charge in [-0.15, -0.1) is 12.4 Å². The maximum Gasteiger partial charge on any atom is 0.230 e. The predicted octanol–water partition coefficient (Wildman–Crippen LogP) is 1.73. The second-order valence-corrected chi connectivity index (χ2v) is 7.51. The summed E-state index contributed by atoms with van der Waals surface area (Å²) in [7, 11) is 0. The van der Waals surface area contributed by atoms with Crippen LogP contribution < -0.4 is 5.73 Å². The van der Waals surface area contributed by atoms with Gasteiger partial charge in [0.2, 0.25) is 11.8 Å². The molecule has 2 aliphatic rings. The maximum atomic E-state index is 13.0. The van der Waals surface area contributed by atoms with Gasteiger partial charge in [0.1, 0.15) is 0 Å². The fourth-order valence-corrected chi connectivity index (χ4v) is 3.91. The van der Waals surface area contributed by atoms with E-state index >= 15 is 0 Å². The Labute approximate surface area is 171 Å². The predicted molar refractivity (Wildman–Crippen MR) is 107 cm³/mol. The smallest absolute Gasteiger partial charge is 0.230 e. The lowest BCUT2D eigenvalue weighted by atomic mass is 9.78. The monoisotopic (exact) mass is 415 g/mol. The van der Waals surface area contributed by atoms with Crippen LogP contribution in [0.2, 0.25) is 5.02 Å². The molecule has 1 aromatic carbocycles. The third kappa shape index (κ3) is 5.13. The third-order valence-corrected chi connectivity index (χ3v) is 5.69. The fraction of sp³-hybridized carbons (Fsp3) is 0.579. The van der Waals surface area contributed by atoms with Crippen molar-refractivity contribution in [3.63, 3.8) is 0 Å². The van der Waals surface area contributed by atoms with Crippen LogP contribution in [0.5, 0.6) is 0 Å². The summed E-state index contributed by atoms with van der Waals surface area (Å²) in [5, 5.41) is 0.634. The fourth-order valence-electron chi connectivity index (χ4n) is 3.70. The largest absolute Gasteiger partial charge is 0.381 e. The van der Waals surface area contributed by atoms with E-state index in [1.54, 1.807) is 6.07 Å². The summed E-state index contributed by atoms with van der Waals surface area (Å²) < 4.78 is 5.39. The first-order valence-electron chi connectivity index (χ1n) is 9.13. The number of halogens is 2. The number of carbonyl (C=O) groups excluding carboxylic acids is 2. The molecule has 27 heavy (non-hydrogen) atoms. The Balaban J connectivity index is 0.00000261. The molecule has 0 atom stereocenters. The van der Waals surface area contributed by atoms with E-state index in [1.807, 2.05) is 28.0 Å². The van der Waals surface area contributed by atoms with E-state index in [9.17, 15) is 9.59 Å². The van der Waals surface area contributed by atoms with E-state index in [0.717, 1.165) is 5.56 Å². The zero-order valence-electron chi connectivity index (χ0n) is 15.4. The molecule has 2 amide bonds. The molecule has 0 radical (unpaired) electrons. The summed E-state index contributed by atoms with van der Waals surface area (Å²) in [6.07, 6.45) is 1.69. The van der Waals surface area contributed by atoms with Crippen LogP contribution in [0.4, 0.5) is 0 Å². The minimum atomic E-state index is -0.495. The maximum absolute atomic E-state index is 13.0. The average molecular weight is 416 g/mol. The summed E-state index contributed by atoms with van der Waals surface area (Å²) >= 11 is 5.98. The molecule has 0 aromatic heterocycles. The quantitative estimate of drug-likeness (QED) is 0.811. The van der Waals surface area contributed by atoms with Crippen LogP contribution in [0.3, 0.4) is 0 Å².